The Hall–Kier alpha value is -3.82. The number of alkyl halides is 2. The maximum Gasteiger partial charge on any atom is 0.387 e. The van der Waals surface area contributed by atoms with Crippen LogP contribution >= 0.6 is 0 Å². The number of fused-ring (bicyclic) bond motifs is 2. The molecular weight excluding hydrogens is 432 g/mol. The first-order valence-corrected chi connectivity index (χ1v) is 10.7. The Labute approximate surface area is 186 Å². The molecule has 8 nitrogen and oxygen atoms in total. The fourth-order valence-corrected chi connectivity index (χ4v) is 4.52. The minimum Gasteiger partial charge on any atom is -0.435 e. The summed E-state index contributed by atoms with van der Waals surface area (Å²) in [4.78, 5) is 29.0. The minimum absolute atomic E-state index is 0.00485. The van der Waals surface area contributed by atoms with E-state index in [1.807, 2.05) is 18.2 Å². The molecule has 1 aliphatic carbocycles. The highest BCUT2D eigenvalue weighted by molar-refractivity contribution is 5.93. The molecule has 1 amide bonds. The Morgan fingerprint density at radius 2 is 1.91 bits per heavy atom. The zero-order chi connectivity index (χ0) is 22.9. The van der Waals surface area contributed by atoms with Gasteiger partial charge in [0.1, 0.15) is 17.1 Å². The van der Waals surface area contributed by atoms with E-state index in [1.54, 1.807) is 6.07 Å². The number of carbonyl (C=O) groups is 1. The number of benzene rings is 1. The third kappa shape index (κ3) is 4.15. The number of pyridine rings is 1. The van der Waals surface area contributed by atoms with Gasteiger partial charge in [-0.25, -0.2) is 10.1 Å². The summed E-state index contributed by atoms with van der Waals surface area (Å²) in [5, 5.41) is 11.5. The number of rotatable bonds is 5. The van der Waals surface area contributed by atoms with Crippen LogP contribution < -0.4 is 15.6 Å². The van der Waals surface area contributed by atoms with Gasteiger partial charge in [-0.1, -0.05) is 18.2 Å². The van der Waals surface area contributed by atoms with Crippen molar-refractivity contribution in [3.63, 3.8) is 0 Å². The van der Waals surface area contributed by atoms with E-state index in [-0.39, 0.29) is 29.2 Å². The Morgan fingerprint density at radius 1 is 1.15 bits per heavy atom. The van der Waals surface area contributed by atoms with Crippen molar-refractivity contribution in [3.8, 4) is 5.75 Å². The standard InChI is InChI=1S/C23H21F2N5O3/c24-23(25)33-15-9-10-30-18(12-26-19(30)11-15)22(32)27-14-7-5-13(6-8-14)20-16-3-1-2-4-17(16)21(31)29-28-20/h1-4,9-14,23H,5-8H2,(H,27,32)(H,29,31). The maximum atomic E-state index is 12.8. The van der Waals surface area contributed by atoms with E-state index >= 15 is 0 Å². The SMILES string of the molecule is O=C(NC1CCC(c2n[nH]c(=O)c3ccccc23)CC1)c1cnc2cc(OC(F)F)ccn12. The number of halogens is 2. The molecule has 2 N–H and O–H groups in total. The Bertz CT molecular complexity index is 1380. The summed E-state index contributed by atoms with van der Waals surface area (Å²) in [7, 11) is 0. The number of aromatic amines is 1. The number of carbonyl (C=O) groups excluding carboxylic acids is 1. The van der Waals surface area contributed by atoms with Crippen LogP contribution in [-0.2, 0) is 0 Å². The summed E-state index contributed by atoms with van der Waals surface area (Å²) < 4.78 is 30.7. The van der Waals surface area contributed by atoms with Crippen molar-refractivity contribution < 1.29 is 18.3 Å². The van der Waals surface area contributed by atoms with Gasteiger partial charge in [-0.05, 0) is 37.8 Å². The molecular formula is C23H21F2N5O3. The number of amides is 1. The highest BCUT2D eigenvalue weighted by Gasteiger charge is 2.27. The van der Waals surface area contributed by atoms with E-state index in [9.17, 15) is 18.4 Å². The van der Waals surface area contributed by atoms with Crippen LogP contribution in [0.3, 0.4) is 0 Å². The number of imidazole rings is 1. The summed E-state index contributed by atoms with van der Waals surface area (Å²) in [6.07, 6.45) is 6.10. The number of ether oxygens (including phenoxy) is 1. The predicted molar refractivity (Wildman–Crippen MR) is 117 cm³/mol. The number of nitrogens with zero attached hydrogens (tertiary/aromatic N) is 3. The number of nitrogens with one attached hydrogen (secondary N) is 2. The van der Waals surface area contributed by atoms with Crippen molar-refractivity contribution in [1.82, 2.24) is 24.9 Å². The molecule has 1 saturated carbocycles. The van der Waals surface area contributed by atoms with Gasteiger partial charge in [0.25, 0.3) is 11.5 Å². The van der Waals surface area contributed by atoms with E-state index in [2.05, 4.69) is 25.2 Å². The van der Waals surface area contributed by atoms with Gasteiger partial charge in [0, 0.05) is 29.6 Å². The van der Waals surface area contributed by atoms with Gasteiger partial charge >= 0.3 is 6.61 Å². The van der Waals surface area contributed by atoms with Gasteiger partial charge < -0.3 is 10.1 Å². The second kappa shape index (κ2) is 8.61. The summed E-state index contributed by atoms with van der Waals surface area (Å²) in [6, 6.07) is 10.2. The van der Waals surface area contributed by atoms with Crippen molar-refractivity contribution >= 4 is 22.3 Å². The van der Waals surface area contributed by atoms with E-state index < -0.39 is 6.61 Å². The van der Waals surface area contributed by atoms with E-state index in [1.165, 1.54) is 28.9 Å². The quantitative estimate of drug-likeness (QED) is 0.481. The lowest BCUT2D eigenvalue weighted by Gasteiger charge is -2.29. The molecule has 0 atom stereocenters. The molecule has 0 aliphatic heterocycles. The number of H-pyrrole nitrogens is 1. The molecule has 3 aromatic heterocycles. The second-order valence-corrected chi connectivity index (χ2v) is 8.12. The molecule has 4 aromatic rings. The molecule has 0 radical (unpaired) electrons. The summed E-state index contributed by atoms with van der Waals surface area (Å²) in [5.74, 6) is -0.0955. The maximum absolute atomic E-state index is 12.8. The zero-order valence-electron chi connectivity index (χ0n) is 17.5. The Balaban J connectivity index is 1.26. The first-order valence-electron chi connectivity index (χ1n) is 10.7. The zero-order valence-corrected chi connectivity index (χ0v) is 17.5. The van der Waals surface area contributed by atoms with Crippen molar-refractivity contribution in [2.75, 3.05) is 0 Å². The molecule has 10 heteroatoms. The van der Waals surface area contributed by atoms with E-state index in [0.717, 1.165) is 36.8 Å². The number of hydrogen-bond acceptors (Lipinski definition) is 5. The smallest absolute Gasteiger partial charge is 0.387 e. The molecule has 33 heavy (non-hydrogen) atoms. The number of hydrogen-bond donors (Lipinski definition) is 2. The van der Waals surface area contributed by atoms with E-state index in [4.69, 9.17) is 0 Å². The van der Waals surface area contributed by atoms with Crippen LogP contribution in [0.5, 0.6) is 5.75 Å². The highest BCUT2D eigenvalue weighted by atomic mass is 19.3. The lowest BCUT2D eigenvalue weighted by Crippen LogP contribution is -2.38. The molecule has 1 aliphatic rings. The van der Waals surface area contributed by atoms with Crippen LogP contribution in [0.1, 0.15) is 47.8 Å². The monoisotopic (exact) mass is 453 g/mol. The molecule has 3 heterocycles. The lowest BCUT2D eigenvalue weighted by molar-refractivity contribution is -0.0498. The van der Waals surface area contributed by atoms with Crippen LogP contribution in [0.25, 0.3) is 16.4 Å². The number of aromatic nitrogens is 4. The lowest BCUT2D eigenvalue weighted by atomic mass is 9.82. The van der Waals surface area contributed by atoms with Gasteiger partial charge in [-0.2, -0.15) is 13.9 Å². The van der Waals surface area contributed by atoms with Gasteiger partial charge in [0.15, 0.2) is 0 Å². The van der Waals surface area contributed by atoms with Crippen LogP contribution in [0.15, 0.2) is 53.6 Å². The molecule has 0 spiro atoms. The average molecular weight is 453 g/mol. The van der Waals surface area contributed by atoms with Crippen LogP contribution in [0.4, 0.5) is 8.78 Å². The molecule has 0 saturated heterocycles. The first-order chi connectivity index (χ1) is 16.0. The summed E-state index contributed by atoms with van der Waals surface area (Å²) >= 11 is 0. The van der Waals surface area contributed by atoms with Crippen LogP contribution in [-0.4, -0.2) is 38.1 Å². The summed E-state index contributed by atoms with van der Waals surface area (Å²) in [5.41, 5.74) is 1.36. The predicted octanol–water partition coefficient (Wildman–Crippen LogP) is 3.63. The van der Waals surface area contributed by atoms with Crippen molar-refractivity contribution in [3.05, 3.63) is 70.5 Å². The average Bonchev–Trinajstić information content (AvgIpc) is 3.23. The van der Waals surface area contributed by atoms with Gasteiger partial charge in [0.05, 0.1) is 17.3 Å². The normalized spacial score (nSPS) is 18.6. The largest absolute Gasteiger partial charge is 0.435 e. The molecule has 5 rings (SSSR count). The third-order valence-corrected chi connectivity index (χ3v) is 6.12. The molecule has 170 valence electrons. The fraction of sp³-hybridized carbons (Fsp3) is 0.304. The molecule has 1 aromatic carbocycles. The Morgan fingerprint density at radius 3 is 2.67 bits per heavy atom. The Kier molecular flexibility index (Phi) is 5.49. The van der Waals surface area contributed by atoms with Gasteiger partial charge in [0.2, 0.25) is 0 Å². The molecule has 0 bridgehead atoms. The fourth-order valence-electron chi connectivity index (χ4n) is 4.52. The van der Waals surface area contributed by atoms with Crippen LogP contribution in [0.2, 0.25) is 0 Å². The van der Waals surface area contributed by atoms with Crippen LogP contribution in [0, 0.1) is 0 Å². The van der Waals surface area contributed by atoms with E-state index in [0.29, 0.717) is 16.7 Å². The van der Waals surface area contributed by atoms with Crippen molar-refractivity contribution in [1.29, 1.82) is 0 Å². The highest BCUT2D eigenvalue weighted by Crippen LogP contribution is 2.34. The molecule has 1 fully saturated rings. The first kappa shape index (κ1) is 21.0. The second-order valence-electron chi connectivity index (χ2n) is 8.12. The minimum atomic E-state index is -2.93. The topological polar surface area (TPSA) is 101 Å². The van der Waals surface area contributed by atoms with Gasteiger partial charge in [-0.15, -0.1) is 0 Å². The molecule has 0 unspecified atom stereocenters. The summed E-state index contributed by atoms with van der Waals surface area (Å²) in [6.45, 7) is -2.93. The van der Waals surface area contributed by atoms with Crippen molar-refractivity contribution in [2.45, 2.75) is 44.3 Å². The van der Waals surface area contributed by atoms with Crippen molar-refractivity contribution in [2.24, 2.45) is 0 Å². The van der Waals surface area contributed by atoms with Gasteiger partial charge in [-0.3, -0.25) is 14.0 Å². The third-order valence-electron chi connectivity index (χ3n) is 6.12.